The highest BCUT2D eigenvalue weighted by atomic mass is 16.5. The molecule has 30 heavy (non-hydrogen) atoms. The van der Waals surface area contributed by atoms with Gasteiger partial charge in [-0.15, -0.1) is 0 Å². The minimum Gasteiger partial charge on any atom is -0.391 e. The van der Waals surface area contributed by atoms with Crippen molar-refractivity contribution in [1.29, 1.82) is 0 Å². The van der Waals surface area contributed by atoms with Crippen molar-refractivity contribution in [3.63, 3.8) is 0 Å². The van der Waals surface area contributed by atoms with Crippen LogP contribution in [0.15, 0.2) is 42.6 Å². The van der Waals surface area contributed by atoms with Crippen molar-refractivity contribution in [2.75, 3.05) is 18.0 Å². The Morgan fingerprint density at radius 1 is 1.00 bits per heavy atom. The fraction of sp³-hybridized carbons (Fsp3) is 0.409. The van der Waals surface area contributed by atoms with Crippen molar-refractivity contribution >= 4 is 17.6 Å². The Balaban J connectivity index is 1.67. The average Bonchev–Trinajstić information content (AvgIpc) is 3.06. The van der Waals surface area contributed by atoms with Crippen LogP contribution < -0.4 is 15.7 Å². The van der Waals surface area contributed by atoms with E-state index in [4.69, 9.17) is 5.21 Å². The number of pyridine rings is 1. The van der Waals surface area contributed by atoms with E-state index in [1.807, 2.05) is 18.3 Å². The van der Waals surface area contributed by atoms with Crippen molar-refractivity contribution in [2.24, 2.45) is 0 Å². The first-order chi connectivity index (χ1) is 14.5. The van der Waals surface area contributed by atoms with Gasteiger partial charge in [0.2, 0.25) is 0 Å². The lowest BCUT2D eigenvalue weighted by Crippen LogP contribution is -2.51. The summed E-state index contributed by atoms with van der Waals surface area (Å²) in [5, 5.41) is 20.8. The van der Waals surface area contributed by atoms with Crippen LogP contribution in [-0.2, 0) is 4.79 Å². The smallest absolute Gasteiger partial charge is 0.268 e. The lowest BCUT2D eigenvalue weighted by molar-refractivity contribution is -0.133. The molecule has 2 aromatic rings. The lowest BCUT2D eigenvalue weighted by atomic mass is 10.0. The molecular weight excluding hydrogens is 384 g/mol. The van der Waals surface area contributed by atoms with Crippen molar-refractivity contribution in [3.8, 4) is 11.1 Å². The van der Waals surface area contributed by atoms with E-state index in [9.17, 15) is 14.7 Å². The molecule has 2 atom stereocenters. The quantitative estimate of drug-likeness (QED) is 0.427. The molecule has 0 aliphatic carbocycles. The van der Waals surface area contributed by atoms with Crippen LogP contribution in [0.3, 0.4) is 0 Å². The molecule has 4 N–H and O–H groups in total. The van der Waals surface area contributed by atoms with Crippen molar-refractivity contribution in [3.05, 3.63) is 48.2 Å². The van der Waals surface area contributed by atoms with Crippen LogP contribution in [-0.4, -0.2) is 52.3 Å². The Hall–Kier alpha value is -2.97. The van der Waals surface area contributed by atoms with Gasteiger partial charge in [0, 0.05) is 30.4 Å². The van der Waals surface area contributed by atoms with Crippen LogP contribution >= 0.6 is 0 Å². The zero-order valence-electron chi connectivity index (χ0n) is 17.0. The molecule has 1 aliphatic rings. The zero-order valence-corrected chi connectivity index (χ0v) is 17.0. The van der Waals surface area contributed by atoms with E-state index in [1.165, 1.54) is 38.1 Å². The van der Waals surface area contributed by atoms with Crippen LogP contribution in [0.1, 0.15) is 43.0 Å². The van der Waals surface area contributed by atoms with Crippen LogP contribution in [0.4, 0.5) is 5.82 Å². The molecule has 1 aromatic heterocycles. The van der Waals surface area contributed by atoms with E-state index in [0.717, 1.165) is 30.0 Å². The molecule has 0 spiro atoms. The standard InChI is InChI=1S/C22H28N4O4/c1-15(27)20(22(29)25-30)24-21(28)17-8-6-16(7-9-17)18-10-11-19(23-14-18)26-12-4-2-3-5-13-26/h6-11,14-15,20,27,30H,2-5,12-13H2,1H3,(H,24,28)(H,25,29)/t15-,20+/m1/s1. The van der Waals surface area contributed by atoms with Crippen molar-refractivity contribution < 1.29 is 19.9 Å². The summed E-state index contributed by atoms with van der Waals surface area (Å²) in [4.78, 5) is 30.9. The number of rotatable bonds is 6. The second-order valence-corrected chi connectivity index (χ2v) is 7.55. The number of hydroxylamine groups is 1. The van der Waals surface area contributed by atoms with Crippen LogP contribution in [0.2, 0.25) is 0 Å². The van der Waals surface area contributed by atoms with E-state index < -0.39 is 24.0 Å². The minimum atomic E-state index is -1.25. The Bertz CT molecular complexity index is 844. The molecule has 1 aromatic carbocycles. The fourth-order valence-corrected chi connectivity index (χ4v) is 3.56. The van der Waals surface area contributed by atoms with Gasteiger partial charge >= 0.3 is 0 Å². The highest BCUT2D eigenvalue weighted by Gasteiger charge is 2.25. The molecule has 160 valence electrons. The van der Waals surface area contributed by atoms with Gasteiger partial charge in [-0.05, 0) is 49.6 Å². The number of carbonyl (C=O) groups excluding carboxylic acids is 2. The molecule has 0 unspecified atom stereocenters. The number of amides is 2. The summed E-state index contributed by atoms with van der Waals surface area (Å²) in [6, 6.07) is 9.70. The molecule has 3 rings (SSSR count). The molecule has 2 heterocycles. The number of hydrogen-bond acceptors (Lipinski definition) is 6. The van der Waals surface area contributed by atoms with E-state index in [0.29, 0.717) is 5.56 Å². The van der Waals surface area contributed by atoms with Crippen LogP contribution in [0.5, 0.6) is 0 Å². The summed E-state index contributed by atoms with van der Waals surface area (Å²) >= 11 is 0. The van der Waals surface area contributed by atoms with Gasteiger partial charge in [0.1, 0.15) is 11.9 Å². The number of benzene rings is 1. The van der Waals surface area contributed by atoms with E-state index in [-0.39, 0.29) is 0 Å². The fourth-order valence-electron chi connectivity index (χ4n) is 3.56. The predicted octanol–water partition coefficient (Wildman–Crippen LogP) is 2.11. The second-order valence-electron chi connectivity index (χ2n) is 7.55. The molecule has 0 bridgehead atoms. The number of aliphatic hydroxyl groups excluding tert-OH is 1. The normalized spacial score (nSPS) is 16.3. The number of anilines is 1. The van der Waals surface area contributed by atoms with E-state index in [1.54, 1.807) is 24.3 Å². The molecular formula is C22H28N4O4. The van der Waals surface area contributed by atoms with Gasteiger partial charge in [-0.2, -0.15) is 0 Å². The molecule has 8 heteroatoms. The van der Waals surface area contributed by atoms with Gasteiger partial charge in [0.15, 0.2) is 0 Å². The van der Waals surface area contributed by atoms with Gasteiger partial charge in [-0.1, -0.05) is 25.0 Å². The Morgan fingerprint density at radius 3 is 2.17 bits per heavy atom. The monoisotopic (exact) mass is 412 g/mol. The number of nitrogens with zero attached hydrogens (tertiary/aromatic N) is 2. The van der Waals surface area contributed by atoms with Crippen molar-refractivity contribution in [1.82, 2.24) is 15.8 Å². The third-order valence-electron chi connectivity index (χ3n) is 5.32. The first kappa shape index (κ1) is 21.7. The summed E-state index contributed by atoms with van der Waals surface area (Å²) in [6.07, 6.45) is 5.62. The summed E-state index contributed by atoms with van der Waals surface area (Å²) < 4.78 is 0. The maximum atomic E-state index is 12.4. The Kier molecular flexibility index (Phi) is 7.37. The van der Waals surface area contributed by atoms with Crippen LogP contribution in [0, 0.1) is 0 Å². The summed E-state index contributed by atoms with van der Waals surface area (Å²) in [6.45, 7) is 3.43. The summed E-state index contributed by atoms with van der Waals surface area (Å²) in [5.41, 5.74) is 3.64. The number of aliphatic hydroxyl groups is 1. The van der Waals surface area contributed by atoms with Gasteiger partial charge in [0.25, 0.3) is 11.8 Å². The van der Waals surface area contributed by atoms with E-state index in [2.05, 4.69) is 15.2 Å². The minimum absolute atomic E-state index is 0.337. The lowest BCUT2D eigenvalue weighted by Gasteiger charge is -2.21. The molecule has 1 aliphatic heterocycles. The molecule has 0 saturated carbocycles. The van der Waals surface area contributed by atoms with Gasteiger partial charge in [-0.25, -0.2) is 10.5 Å². The van der Waals surface area contributed by atoms with Crippen LogP contribution in [0.25, 0.3) is 11.1 Å². The van der Waals surface area contributed by atoms with Gasteiger partial charge in [0.05, 0.1) is 6.10 Å². The largest absolute Gasteiger partial charge is 0.391 e. The summed E-state index contributed by atoms with van der Waals surface area (Å²) in [7, 11) is 0. The van der Waals surface area contributed by atoms with Crippen molar-refractivity contribution in [2.45, 2.75) is 44.8 Å². The molecule has 1 saturated heterocycles. The first-order valence-corrected chi connectivity index (χ1v) is 10.2. The number of carbonyl (C=O) groups is 2. The third kappa shape index (κ3) is 5.34. The van der Waals surface area contributed by atoms with E-state index >= 15 is 0 Å². The number of nitrogens with one attached hydrogen (secondary N) is 2. The topological polar surface area (TPSA) is 115 Å². The highest BCUT2D eigenvalue weighted by Crippen LogP contribution is 2.23. The second kappa shape index (κ2) is 10.2. The third-order valence-corrected chi connectivity index (χ3v) is 5.32. The molecule has 0 radical (unpaired) electrons. The Morgan fingerprint density at radius 2 is 1.63 bits per heavy atom. The summed E-state index contributed by atoms with van der Waals surface area (Å²) in [5.74, 6) is -0.417. The zero-order chi connectivity index (χ0) is 21.5. The molecule has 1 fully saturated rings. The van der Waals surface area contributed by atoms with Gasteiger partial charge < -0.3 is 15.3 Å². The maximum Gasteiger partial charge on any atom is 0.268 e. The number of hydrogen-bond donors (Lipinski definition) is 4. The highest BCUT2D eigenvalue weighted by molar-refractivity contribution is 5.97. The molecule has 2 amide bonds. The first-order valence-electron chi connectivity index (χ1n) is 10.2. The Labute approximate surface area is 175 Å². The SMILES string of the molecule is C[C@@H](O)[C@H](NC(=O)c1ccc(-c2ccc(N3CCCCCC3)nc2)cc1)C(=O)NO. The van der Waals surface area contributed by atoms with Gasteiger partial charge in [-0.3, -0.25) is 14.8 Å². The number of aromatic nitrogens is 1. The average molecular weight is 412 g/mol. The maximum absolute atomic E-state index is 12.4. The predicted molar refractivity (Wildman–Crippen MR) is 113 cm³/mol. The molecule has 8 nitrogen and oxygen atoms in total.